The van der Waals surface area contributed by atoms with Gasteiger partial charge in [0.1, 0.15) is 0 Å². The first kappa shape index (κ1) is 18.5. The summed E-state index contributed by atoms with van der Waals surface area (Å²) in [6.07, 6.45) is 4.68. The van der Waals surface area contributed by atoms with Crippen LogP contribution in [0.25, 0.3) is 0 Å². The van der Waals surface area contributed by atoms with Crippen LogP contribution in [-0.2, 0) is 23.5 Å². The summed E-state index contributed by atoms with van der Waals surface area (Å²) < 4.78 is 28.6. The van der Waals surface area contributed by atoms with Gasteiger partial charge in [-0.25, -0.2) is 8.42 Å². The lowest BCUT2D eigenvalue weighted by molar-refractivity contribution is -0.385. The van der Waals surface area contributed by atoms with E-state index in [-0.39, 0.29) is 10.6 Å². The van der Waals surface area contributed by atoms with Crippen molar-refractivity contribution in [2.75, 3.05) is 32.7 Å². The van der Waals surface area contributed by atoms with Gasteiger partial charge < -0.3 is 4.90 Å². The van der Waals surface area contributed by atoms with Crippen LogP contribution in [0.1, 0.15) is 5.56 Å². The molecule has 9 nitrogen and oxygen atoms in total. The van der Waals surface area contributed by atoms with Gasteiger partial charge in [0.2, 0.25) is 10.0 Å². The topological polar surface area (TPSA) is 102 Å². The fourth-order valence-electron chi connectivity index (χ4n) is 2.99. The molecule has 0 atom stereocenters. The Kier molecular flexibility index (Phi) is 5.35. The first-order chi connectivity index (χ1) is 12.4. The number of hydrogen-bond acceptors (Lipinski definition) is 6. The molecule has 1 aliphatic heterocycles. The smallest absolute Gasteiger partial charge is 0.270 e. The van der Waals surface area contributed by atoms with Crippen LogP contribution < -0.4 is 0 Å². The van der Waals surface area contributed by atoms with E-state index >= 15 is 0 Å². The fraction of sp³-hybridized carbons (Fsp3) is 0.438. The van der Waals surface area contributed by atoms with Gasteiger partial charge in [-0.1, -0.05) is 6.07 Å². The zero-order valence-electron chi connectivity index (χ0n) is 14.5. The van der Waals surface area contributed by atoms with Crippen LogP contribution in [0.15, 0.2) is 41.6 Å². The van der Waals surface area contributed by atoms with Gasteiger partial charge in [0, 0.05) is 58.1 Å². The molecule has 0 spiro atoms. The molecular formula is C16H21N5O4S. The minimum absolute atomic E-state index is 0.0319. The Morgan fingerprint density at radius 1 is 1.23 bits per heavy atom. The number of nitrogens with zero attached hydrogens (tertiary/aromatic N) is 5. The fourth-order valence-corrected chi connectivity index (χ4v) is 4.45. The van der Waals surface area contributed by atoms with Crippen LogP contribution in [0.3, 0.4) is 0 Å². The number of aromatic nitrogens is 2. The molecule has 0 bridgehead atoms. The minimum Gasteiger partial charge on any atom is -0.300 e. The highest BCUT2D eigenvalue weighted by Gasteiger charge is 2.29. The molecule has 0 saturated carbocycles. The van der Waals surface area contributed by atoms with Gasteiger partial charge in [-0.05, 0) is 18.1 Å². The maximum absolute atomic E-state index is 12.7. The Morgan fingerprint density at radius 2 is 1.96 bits per heavy atom. The lowest BCUT2D eigenvalue weighted by atomic mass is 10.2. The third kappa shape index (κ3) is 4.09. The molecule has 1 aliphatic rings. The van der Waals surface area contributed by atoms with Gasteiger partial charge in [0.05, 0.1) is 16.0 Å². The van der Waals surface area contributed by atoms with E-state index in [9.17, 15) is 18.5 Å². The van der Waals surface area contributed by atoms with E-state index in [0.29, 0.717) is 26.2 Å². The van der Waals surface area contributed by atoms with Crippen molar-refractivity contribution in [3.8, 4) is 0 Å². The molecule has 10 heteroatoms. The van der Waals surface area contributed by atoms with E-state index in [1.165, 1.54) is 22.5 Å². The van der Waals surface area contributed by atoms with Crippen LogP contribution in [-0.4, -0.2) is 65.1 Å². The van der Waals surface area contributed by atoms with E-state index in [0.717, 1.165) is 24.6 Å². The van der Waals surface area contributed by atoms with Crippen molar-refractivity contribution in [2.24, 2.45) is 7.05 Å². The highest BCUT2D eigenvalue weighted by atomic mass is 32.2. The molecule has 1 saturated heterocycles. The quantitative estimate of drug-likeness (QED) is 0.545. The number of sulfonamides is 1. The van der Waals surface area contributed by atoms with Crippen molar-refractivity contribution in [1.29, 1.82) is 0 Å². The molecule has 0 aliphatic carbocycles. The summed E-state index contributed by atoms with van der Waals surface area (Å²) >= 11 is 0. The molecule has 2 heterocycles. The van der Waals surface area contributed by atoms with Crippen LogP contribution in [0.2, 0.25) is 0 Å². The molecule has 3 rings (SSSR count). The SMILES string of the molecule is Cn1cc(CCN2CCN(S(=O)(=O)c3cccc([N+](=O)[O-])c3)CC2)cn1. The van der Waals surface area contributed by atoms with Gasteiger partial charge >= 0.3 is 0 Å². The first-order valence-corrected chi connectivity index (χ1v) is 9.75. The molecule has 0 radical (unpaired) electrons. The maximum Gasteiger partial charge on any atom is 0.270 e. The number of hydrogen-bond donors (Lipinski definition) is 0. The van der Waals surface area contributed by atoms with Crippen molar-refractivity contribution in [3.63, 3.8) is 0 Å². The average molecular weight is 379 g/mol. The number of piperazine rings is 1. The standard InChI is InChI=1S/C16H21N5O4S/c1-18-13-14(12-17-18)5-6-19-7-9-20(10-8-19)26(24,25)16-4-2-3-15(11-16)21(22)23/h2-4,11-13H,5-10H2,1H3. The van der Waals surface area contributed by atoms with E-state index in [2.05, 4.69) is 10.00 Å². The Labute approximate surface area is 152 Å². The normalized spacial score (nSPS) is 16.7. The number of nitro benzene ring substituents is 1. The second-order valence-corrected chi connectivity index (χ2v) is 8.21. The monoisotopic (exact) mass is 379 g/mol. The van der Waals surface area contributed by atoms with Crippen LogP contribution in [0.4, 0.5) is 5.69 Å². The number of benzene rings is 1. The molecule has 140 valence electrons. The molecule has 26 heavy (non-hydrogen) atoms. The van der Waals surface area contributed by atoms with Gasteiger partial charge in [-0.2, -0.15) is 9.40 Å². The van der Waals surface area contributed by atoms with Crippen molar-refractivity contribution in [1.82, 2.24) is 19.0 Å². The molecule has 0 N–H and O–H groups in total. The summed E-state index contributed by atoms with van der Waals surface area (Å²) in [6, 6.07) is 5.20. The Hall–Kier alpha value is -2.30. The Bertz CT molecular complexity index is 888. The van der Waals surface area contributed by atoms with Gasteiger partial charge in [0.25, 0.3) is 5.69 Å². The van der Waals surface area contributed by atoms with E-state index in [1.807, 2.05) is 19.4 Å². The predicted molar refractivity (Wildman–Crippen MR) is 95.2 cm³/mol. The zero-order chi connectivity index (χ0) is 18.7. The number of non-ortho nitro benzene ring substituents is 1. The summed E-state index contributed by atoms with van der Waals surface area (Å²) in [4.78, 5) is 12.5. The molecule has 1 aromatic carbocycles. The molecule has 0 unspecified atom stereocenters. The van der Waals surface area contributed by atoms with Gasteiger partial charge in [0.15, 0.2) is 0 Å². The second-order valence-electron chi connectivity index (χ2n) is 6.27. The maximum atomic E-state index is 12.7. The number of rotatable bonds is 6. The van der Waals surface area contributed by atoms with Crippen LogP contribution in [0.5, 0.6) is 0 Å². The van der Waals surface area contributed by atoms with Gasteiger partial charge in [-0.3, -0.25) is 14.8 Å². The zero-order valence-corrected chi connectivity index (χ0v) is 15.3. The van der Waals surface area contributed by atoms with Crippen LogP contribution >= 0.6 is 0 Å². The Morgan fingerprint density at radius 3 is 2.58 bits per heavy atom. The van der Waals surface area contributed by atoms with E-state index < -0.39 is 14.9 Å². The molecule has 1 fully saturated rings. The molecule has 0 amide bonds. The van der Waals surface area contributed by atoms with Gasteiger partial charge in [-0.15, -0.1) is 0 Å². The van der Waals surface area contributed by atoms with Crippen molar-refractivity contribution >= 4 is 15.7 Å². The van der Waals surface area contributed by atoms with Crippen molar-refractivity contribution in [3.05, 3.63) is 52.3 Å². The number of aryl methyl sites for hydroxylation is 1. The Balaban J connectivity index is 1.59. The summed E-state index contributed by atoms with van der Waals surface area (Å²) in [5.74, 6) is 0. The predicted octanol–water partition coefficient (Wildman–Crippen LogP) is 0.877. The van der Waals surface area contributed by atoms with Crippen molar-refractivity contribution < 1.29 is 13.3 Å². The third-order valence-corrected chi connectivity index (χ3v) is 6.37. The van der Waals surface area contributed by atoms with Crippen LogP contribution in [0, 0.1) is 10.1 Å². The molecular weight excluding hydrogens is 358 g/mol. The summed E-state index contributed by atoms with van der Waals surface area (Å²) in [5, 5.41) is 15.0. The van der Waals surface area contributed by atoms with E-state index in [1.54, 1.807) is 4.68 Å². The number of nitro groups is 1. The molecule has 1 aromatic heterocycles. The first-order valence-electron chi connectivity index (χ1n) is 8.31. The summed E-state index contributed by atoms with van der Waals surface area (Å²) in [7, 11) is -1.84. The summed E-state index contributed by atoms with van der Waals surface area (Å²) in [5.41, 5.74) is 0.931. The lowest BCUT2D eigenvalue weighted by Gasteiger charge is -2.33. The highest BCUT2D eigenvalue weighted by molar-refractivity contribution is 7.89. The largest absolute Gasteiger partial charge is 0.300 e. The average Bonchev–Trinajstić information content (AvgIpc) is 3.06. The second kappa shape index (κ2) is 7.52. The van der Waals surface area contributed by atoms with Crippen molar-refractivity contribution in [2.45, 2.75) is 11.3 Å². The summed E-state index contributed by atoms with van der Waals surface area (Å²) in [6.45, 7) is 2.86. The highest BCUT2D eigenvalue weighted by Crippen LogP contribution is 2.22. The van der Waals surface area contributed by atoms with E-state index in [4.69, 9.17) is 0 Å². The third-order valence-electron chi connectivity index (χ3n) is 4.47. The minimum atomic E-state index is -3.72. The molecule has 2 aromatic rings. The lowest BCUT2D eigenvalue weighted by Crippen LogP contribution is -2.48.